The molecular weight excluding hydrogens is 126 g/mol. The van der Waals surface area contributed by atoms with E-state index in [-0.39, 0.29) is 0 Å². The van der Waals surface area contributed by atoms with Crippen LogP contribution in [0, 0.1) is 6.92 Å². The minimum Gasteiger partial charge on any atom is -0.396 e. The summed E-state index contributed by atoms with van der Waals surface area (Å²) in [6, 6.07) is 0. The van der Waals surface area contributed by atoms with Gasteiger partial charge in [0.05, 0.1) is 0 Å². The summed E-state index contributed by atoms with van der Waals surface area (Å²) in [6.07, 6.45) is 4.30. The highest BCUT2D eigenvalue weighted by atomic mass is 16.3. The van der Waals surface area contributed by atoms with Crippen LogP contribution >= 0.6 is 0 Å². The van der Waals surface area contributed by atoms with Gasteiger partial charge in [0, 0.05) is 6.61 Å². The van der Waals surface area contributed by atoms with Gasteiger partial charge in [-0.15, -0.1) is 0 Å². The normalized spacial score (nSPS) is 10.2. The van der Waals surface area contributed by atoms with Gasteiger partial charge < -0.3 is 10.4 Å². The van der Waals surface area contributed by atoms with Gasteiger partial charge in [0.2, 0.25) is 0 Å². The second-order valence-corrected chi connectivity index (χ2v) is 2.39. The van der Waals surface area contributed by atoms with Gasteiger partial charge in [0.1, 0.15) is 0 Å². The van der Waals surface area contributed by atoms with Crippen molar-refractivity contribution in [2.45, 2.75) is 25.7 Å². The smallest absolute Gasteiger partial charge is 0.0443 e. The van der Waals surface area contributed by atoms with Gasteiger partial charge >= 0.3 is 0 Å². The Kier molecular flexibility index (Phi) is 8.85. The highest BCUT2D eigenvalue weighted by molar-refractivity contribution is 4.48. The summed E-state index contributed by atoms with van der Waals surface area (Å²) in [6.45, 7) is 6.05. The molecule has 61 valence electrons. The third-order valence-corrected chi connectivity index (χ3v) is 1.37. The zero-order chi connectivity index (χ0) is 7.66. The molecule has 0 saturated carbocycles. The van der Waals surface area contributed by atoms with Gasteiger partial charge in [-0.1, -0.05) is 19.8 Å². The first kappa shape index (κ1) is 9.92. The summed E-state index contributed by atoms with van der Waals surface area (Å²) in [5, 5.41) is 11.7. The Bertz CT molecular complexity index is 49.2. The lowest BCUT2D eigenvalue weighted by molar-refractivity contribution is 0.286. The van der Waals surface area contributed by atoms with Gasteiger partial charge in [-0.3, -0.25) is 0 Å². The van der Waals surface area contributed by atoms with Crippen LogP contribution in [0.5, 0.6) is 0 Å². The molecule has 0 spiro atoms. The molecule has 0 unspecified atom stereocenters. The number of hydrogen-bond donors (Lipinski definition) is 2. The van der Waals surface area contributed by atoms with Gasteiger partial charge in [0.15, 0.2) is 0 Å². The van der Waals surface area contributed by atoms with Crippen LogP contribution < -0.4 is 5.32 Å². The Hall–Kier alpha value is -0.0800. The lowest BCUT2D eigenvalue weighted by Crippen LogP contribution is -2.17. The quantitative estimate of drug-likeness (QED) is 0.522. The SMILES string of the molecule is [CH2]CCCCNCCCO. The van der Waals surface area contributed by atoms with E-state index in [0.29, 0.717) is 6.61 Å². The number of rotatable bonds is 7. The lowest BCUT2D eigenvalue weighted by atomic mass is 10.2. The van der Waals surface area contributed by atoms with Crippen molar-refractivity contribution in [3.63, 3.8) is 0 Å². The Morgan fingerprint density at radius 1 is 1.10 bits per heavy atom. The first-order chi connectivity index (χ1) is 4.91. The second kappa shape index (κ2) is 8.92. The summed E-state index contributed by atoms with van der Waals surface area (Å²) >= 11 is 0. The van der Waals surface area contributed by atoms with Crippen molar-refractivity contribution in [3.05, 3.63) is 6.92 Å². The molecule has 0 heterocycles. The molecule has 0 rings (SSSR count). The maximum atomic E-state index is 8.42. The van der Waals surface area contributed by atoms with E-state index in [9.17, 15) is 0 Å². The van der Waals surface area contributed by atoms with Crippen molar-refractivity contribution in [3.8, 4) is 0 Å². The molecule has 0 aromatic rings. The van der Waals surface area contributed by atoms with Crippen molar-refractivity contribution >= 4 is 0 Å². The average molecular weight is 144 g/mol. The van der Waals surface area contributed by atoms with Crippen molar-refractivity contribution in [1.29, 1.82) is 0 Å². The van der Waals surface area contributed by atoms with E-state index in [1.165, 1.54) is 12.8 Å². The average Bonchev–Trinajstić information content (AvgIpc) is 1.97. The summed E-state index contributed by atoms with van der Waals surface area (Å²) < 4.78 is 0. The van der Waals surface area contributed by atoms with Crippen LogP contribution in [0.15, 0.2) is 0 Å². The zero-order valence-corrected chi connectivity index (χ0v) is 6.60. The highest BCUT2D eigenvalue weighted by Crippen LogP contribution is 1.90. The van der Waals surface area contributed by atoms with E-state index in [1.54, 1.807) is 0 Å². The van der Waals surface area contributed by atoms with E-state index in [0.717, 1.165) is 25.9 Å². The third kappa shape index (κ3) is 7.92. The van der Waals surface area contributed by atoms with Crippen LogP contribution in [0.4, 0.5) is 0 Å². The molecule has 0 saturated heterocycles. The van der Waals surface area contributed by atoms with Crippen LogP contribution in [0.2, 0.25) is 0 Å². The molecule has 0 amide bonds. The molecule has 0 aliphatic rings. The molecule has 0 aromatic heterocycles. The minimum absolute atomic E-state index is 0.294. The van der Waals surface area contributed by atoms with Crippen LogP contribution in [-0.2, 0) is 0 Å². The van der Waals surface area contributed by atoms with Crippen LogP contribution in [-0.4, -0.2) is 24.8 Å². The van der Waals surface area contributed by atoms with Crippen LogP contribution in [0.3, 0.4) is 0 Å². The molecule has 0 aliphatic heterocycles. The van der Waals surface area contributed by atoms with Crippen molar-refractivity contribution in [1.82, 2.24) is 5.32 Å². The number of aliphatic hydroxyl groups excluding tert-OH is 1. The molecule has 0 aliphatic carbocycles. The number of aliphatic hydroxyl groups is 1. The molecule has 0 bridgehead atoms. The Morgan fingerprint density at radius 2 is 1.80 bits per heavy atom. The fourth-order valence-electron chi connectivity index (χ4n) is 0.756. The number of nitrogens with one attached hydrogen (secondary N) is 1. The van der Waals surface area contributed by atoms with Gasteiger partial charge in [-0.25, -0.2) is 0 Å². The first-order valence-corrected chi connectivity index (χ1v) is 4.02. The maximum absolute atomic E-state index is 8.42. The molecule has 10 heavy (non-hydrogen) atoms. The largest absolute Gasteiger partial charge is 0.396 e. The monoisotopic (exact) mass is 144 g/mol. The summed E-state index contributed by atoms with van der Waals surface area (Å²) in [5.74, 6) is 0. The predicted octanol–water partition coefficient (Wildman–Crippen LogP) is 0.963. The standard InChI is InChI=1S/C8H18NO/c1-2-3-4-6-9-7-5-8-10/h9-10H,1-8H2. The van der Waals surface area contributed by atoms with Gasteiger partial charge in [0.25, 0.3) is 0 Å². The number of unbranched alkanes of at least 4 members (excludes halogenated alkanes) is 2. The molecular formula is C8H18NO. The fraction of sp³-hybridized carbons (Fsp3) is 0.875. The Balaban J connectivity index is 2.65. The molecule has 0 atom stereocenters. The fourth-order valence-corrected chi connectivity index (χ4v) is 0.756. The summed E-state index contributed by atoms with van der Waals surface area (Å²) in [5.41, 5.74) is 0. The topological polar surface area (TPSA) is 32.3 Å². The van der Waals surface area contributed by atoms with Crippen molar-refractivity contribution < 1.29 is 5.11 Å². The predicted molar refractivity (Wildman–Crippen MR) is 43.8 cm³/mol. The highest BCUT2D eigenvalue weighted by Gasteiger charge is 1.85. The summed E-state index contributed by atoms with van der Waals surface area (Å²) in [7, 11) is 0. The molecule has 2 N–H and O–H groups in total. The van der Waals surface area contributed by atoms with Crippen LogP contribution in [0.25, 0.3) is 0 Å². The van der Waals surface area contributed by atoms with Gasteiger partial charge in [-0.05, 0) is 25.9 Å². The van der Waals surface area contributed by atoms with Crippen molar-refractivity contribution in [2.24, 2.45) is 0 Å². The van der Waals surface area contributed by atoms with E-state index in [4.69, 9.17) is 5.11 Å². The molecule has 0 aromatic carbocycles. The second-order valence-electron chi connectivity index (χ2n) is 2.39. The van der Waals surface area contributed by atoms with Crippen LogP contribution in [0.1, 0.15) is 25.7 Å². The minimum atomic E-state index is 0.294. The van der Waals surface area contributed by atoms with E-state index in [1.807, 2.05) is 0 Å². The first-order valence-electron chi connectivity index (χ1n) is 4.02. The van der Waals surface area contributed by atoms with Gasteiger partial charge in [-0.2, -0.15) is 0 Å². The van der Waals surface area contributed by atoms with E-state index < -0.39 is 0 Å². The Labute approximate surface area is 63.6 Å². The molecule has 2 heteroatoms. The van der Waals surface area contributed by atoms with E-state index >= 15 is 0 Å². The van der Waals surface area contributed by atoms with Crippen molar-refractivity contribution in [2.75, 3.05) is 19.7 Å². The molecule has 0 fully saturated rings. The van der Waals surface area contributed by atoms with E-state index in [2.05, 4.69) is 12.2 Å². The number of hydrogen-bond acceptors (Lipinski definition) is 2. The molecule has 2 nitrogen and oxygen atoms in total. The Morgan fingerprint density at radius 3 is 2.40 bits per heavy atom. The molecule has 1 radical (unpaired) electrons. The third-order valence-electron chi connectivity index (χ3n) is 1.37. The maximum Gasteiger partial charge on any atom is 0.0443 e. The summed E-state index contributed by atoms with van der Waals surface area (Å²) in [4.78, 5) is 0. The lowest BCUT2D eigenvalue weighted by Gasteiger charge is -2.00. The zero-order valence-electron chi connectivity index (χ0n) is 6.60.